The van der Waals surface area contributed by atoms with Gasteiger partial charge in [-0.2, -0.15) is 5.10 Å². The lowest BCUT2D eigenvalue weighted by Gasteiger charge is -2.06. The Morgan fingerprint density at radius 3 is 2.54 bits per heavy atom. The molecule has 2 rings (SSSR count). The number of methoxy groups -OCH3 is 1. The molecule has 2 aromatic carbocycles. The van der Waals surface area contributed by atoms with E-state index in [0.29, 0.717) is 11.3 Å². The first kappa shape index (κ1) is 17.7. The number of nitrogens with zero attached hydrogens (tertiary/aromatic N) is 1. The van der Waals surface area contributed by atoms with Crippen LogP contribution in [0.15, 0.2) is 58.1 Å². The summed E-state index contributed by atoms with van der Waals surface area (Å²) in [5.41, 5.74) is 3.54. The topological polar surface area (TPSA) is 77.0 Å². The van der Waals surface area contributed by atoms with Crippen molar-refractivity contribution in [3.05, 3.63) is 64.1 Å². The average molecular weight is 391 g/mol. The highest BCUT2D eigenvalue weighted by Crippen LogP contribution is 2.23. The quantitative estimate of drug-likeness (QED) is 0.467. The molecule has 1 amide bonds. The SMILES string of the molecule is COC(=O)c1ccc(/C=N\NC(=O)COc2ccccc2Br)cc1. The minimum absolute atomic E-state index is 0.152. The van der Waals surface area contributed by atoms with Crippen molar-refractivity contribution in [3.63, 3.8) is 0 Å². The third kappa shape index (κ3) is 5.20. The molecule has 124 valence electrons. The van der Waals surface area contributed by atoms with Crippen molar-refractivity contribution >= 4 is 34.0 Å². The van der Waals surface area contributed by atoms with E-state index < -0.39 is 5.97 Å². The van der Waals surface area contributed by atoms with E-state index in [2.05, 4.69) is 31.2 Å². The highest BCUT2D eigenvalue weighted by Gasteiger charge is 2.05. The highest BCUT2D eigenvalue weighted by atomic mass is 79.9. The number of carbonyl (C=O) groups is 2. The standard InChI is InChI=1S/C17H15BrN2O4/c1-23-17(22)13-8-6-12(7-9-13)10-19-20-16(21)11-24-15-5-3-2-4-14(15)18/h2-10H,11H2,1H3,(H,20,21)/b19-10-. The number of hydrazone groups is 1. The molecule has 6 nitrogen and oxygen atoms in total. The van der Waals surface area contributed by atoms with Crippen molar-refractivity contribution in [2.75, 3.05) is 13.7 Å². The van der Waals surface area contributed by atoms with Crippen LogP contribution >= 0.6 is 15.9 Å². The molecule has 0 saturated carbocycles. The van der Waals surface area contributed by atoms with Gasteiger partial charge in [0.05, 0.1) is 23.4 Å². The Bertz CT molecular complexity index is 745. The fraction of sp³-hybridized carbons (Fsp3) is 0.118. The van der Waals surface area contributed by atoms with Crippen molar-refractivity contribution in [1.29, 1.82) is 0 Å². The maximum absolute atomic E-state index is 11.7. The van der Waals surface area contributed by atoms with E-state index in [1.807, 2.05) is 18.2 Å². The molecule has 0 fully saturated rings. The number of hydrogen-bond donors (Lipinski definition) is 1. The van der Waals surface area contributed by atoms with Crippen LogP contribution in [0.4, 0.5) is 0 Å². The Balaban J connectivity index is 1.82. The fourth-order valence-corrected chi connectivity index (χ4v) is 2.14. The number of benzene rings is 2. The van der Waals surface area contributed by atoms with Crippen LogP contribution in [0.25, 0.3) is 0 Å². The van der Waals surface area contributed by atoms with Gasteiger partial charge in [-0.25, -0.2) is 10.2 Å². The van der Waals surface area contributed by atoms with Gasteiger partial charge in [0.2, 0.25) is 0 Å². The van der Waals surface area contributed by atoms with Crippen molar-refractivity contribution in [3.8, 4) is 5.75 Å². The number of halogens is 1. The van der Waals surface area contributed by atoms with Gasteiger partial charge < -0.3 is 9.47 Å². The molecule has 0 aliphatic carbocycles. The van der Waals surface area contributed by atoms with Gasteiger partial charge in [-0.15, -0.1) is 0 Å². The number of ether oxygens (including phenoxy) is 2. The molecule has 0 aromatic heterocycles. The monoisotopic (exact) mass is 390 g/mol. The number of para-hydroxylation sites is 1. The molecule has 7 heteroatoms. The van der Waals surface area contributed by atoms with Gasteiger partial charge in [0.15, 0.2) is 6.61 Å². The Kier molecular flexibility index (Phi) is 6.51. The lowest BCUT2D eigenvalue weighted by Crippen LogP contribution is -2.24. The zero-order chi connectivity index (χ0) is 17.4. The molecule has 0 spiro atoms. The first-order valence-electron chi connectivity index (χ1n) is 6.98. The minimum atomic E-state index is -0.406. The van der Waals surface area contributed by atoms with E-state index >= 15 is 0 Å². The molecule has 24 heavy (non-hydrogen) atoms. The van der Waals surface area contributed by atoms with Crippen LogP contribution in [-0.4, -0.2) is 31.8 Å². The van der Waals surface area contributed by atoms with Crippen molar-refractivity contribution in [2.24, 2.45) is 5.10 Å². The van der Waals surface area contributed by atoms with E-state index in [-0.39, 0.29) is 12.5 Å². The molecule has 0 radical (unpaired) electrons. The van der Waals surface area contributed by atoms with E-state index in [1.165, 1.54) is 13.3 Å². The summed E-state index contributed by atoms with van der Waals surface area (Å²) in [7, 11) is 1.32. The summed E-state index contributed by atoms with van der Waals surface area (Å²) < 4.78 is 10.8. The summed E-state index contributed by atoms with van der Waals surface area (Å²) in [6.45, 7) is -0.152. The lowest BCUT2D eigenvalue weighted by molar-refractivity contribution is -0.123. The third-order valence-electron chi connectivity index (χ3n) is 2.93. The van der Waals surface area contributed by atoms with Gasteiger partial charge >= 0.3 is 5.97 Å². The van der Waals surface area contributed by atoms with Crippen LogP contribution in [0.5, 0.6) is 5.75 Å². The summed E-state index contributed by atoms with van der Waals surface area (Å²) in [6, 6.07) is 13.9. The molecule has 2 aromatic rings. The molecule has 0 bridgehead atoms. The van der Waals surface area contributed by atoms with Gasteiger partial charge in [-0.05, 0) is 45.8 Å². The second-order valence-electron chi connectivity index (χ2n) is 4.63. The first-order valence-corrected chi connectivity index (χ1v) is 7.77. The summed E-state index contributed by atoms with van der Waals surface area (Å²) in [5, 5.41) is 3.84. The molecule has 0 saturated heterocycles. The Morgan fingerprint density at radius 2 is 1.88 bits per heavy atom. The Hall–Kier alpha value is -2.67. The maximum Gasteiger partial charge on any atom is 0.337 e. The first-order chi connectivity index (χ1) is 11.6. The third-order valence-corrected chi connectivity index (χ3v) is 3.59. The zero-order valence-corrected chi connectivity index (χ0v) is 14.4. The predicted octanol–water partition coefficient (Wildman–Crippen LogP) is 2.76. The summed E-state index contributed by atoms with van der Waals surface area (Å²) in [6.07, 6.45) is 1.47. The molecule has 0 aliphatic rings. The van der Waals surface area contributed by atoms with Gasteiger partial charge in [-0.3, -0.25) is 4.79 Å². The average Bonchev–Trinajstić information content (AvgIpc) is 2.61. The molecule has 1 N–H and O–H groups in total. The lowest BCUT2D eigenvalue weighted by atomic mass is 10.1. The fourth-order valence-electron chi connectivity index (χ4n) is 1.74. The second-order valence-corrected chi connectivity index (χ2v) is 5.48. The van der Waals surface area contributed by atoms with E-state index in [1.54, 1.807) is 30.3 Å². The number of carbonyl (C=O) groups excluding carboxylic acids is 2. The van der Waals surface area contributed by atoms with Crippen LogP contribution in [0.1, 0.15) is 15.9 Å². The van der Waals surface area contributed by atoms with Crippen molar-refractivity contribution in [1.82, 2.24) is 5.43 Å². The Morgan fingerprint density at radius 1 is 1.17 bits per heavy atom. The number of esters is 1. The van der Waals surface area contributed by atoms with E-state index in [9.17, 15) is 9.59 Å². The summed E-state index contributed by atoms with van der Waals surface area (Å²) in [5.74, 6) is -0.209. The van der Waals surface area contributed by atoms with Crippen LogP contribution < -0.4 is 10.2 Å². The molecule has 0 aliphatic heterocycles. The maximum atomic E-state index is 11.7. The Labute approximate surface area is 147 Å². The smallest absolute Gasteiger partial charge is 0.337 e. The molecular formula is C17H15BrN2O4. The van der Waals surface area contributed by atoms with Gasteiger partial charge in [0, 0.05) is 0 Å². The minimum Gasteiger partial charge on any atom is -0.483 e. The molecule has 0 heterocycles. The van der Waals surface area contributed by atoms with Gasteiger partial charge in [-0.1, -0.05) is 24.3 Å². The number of amides is 1. The predicted molar refractivity (Wildman–Crippen MR) is 93.2 cm³/mol. The molecule has 0 unspecified atom stereocenters. The number of rotatable bonds is 6. The van der Waals surface area contributed by atoms with Crippen LogP contribution in [0.2, 0.25) is 0 Å². The molecular weight excluding hydrogens is 376 g/mol. The van der Waals surface area contributed by atoms with Crippen LogP contribution in [-0.2, 0) is 9.53 Å². The largest absolute Gasteiger partial charge is 0.483 e. The van der Waals surface area contributed by atoms with Crippen LogP contribution in [0.3, 0.4) is 0 Å². The van der Waals surface area contributed by atoms with Crippen molar-refractivity contribution < 1.29 is 19.1 Å². The van der Waals surface area contributed by atoms with Crippen molar-refractivity contribution in [2.45, 2.75) is 0 Å². The molecule has 0 atom stereocenters. The van der Waals surface area contributed by atoms with E-state index in [4.69, 9.17) is 4.74 Å². The van der Waals surface area contributed by atoms with E-state index in [0.717, 1.165) is 10.0 Å². The zero-order valence-electron chi connectivity index (χ0n) is 12.9. The van der Waals surface area contributed by atoms with Gasteiger partial charge in [0.25, 0.3) is 5.91 Å². The second kappa shape index (κ2) is 8.83. The normalized spacial score (nSPS) is 10.4. The van der Waals surface area contributed by atoms with Crippen LogP contribution in [0, 0.1) is 0 Å². The number of hydrogen-bond acceptors (Lipinski definition) is 5. The summed E-state index contributed by atoms with van der Waals surface area (Å²) >= 11 is 3.33. The summed E-state index contributed by atoms with van der Waals surface area (Å²) in [4.78, 5) is 23.0. The number of nitrogens with one attached hydrogen (secondary N) is 1. The van der Waals surface area contributed by atoms with Gasteiger partial charge in [0.1, 0.15) is 5.75 Å². The highest BCUT2D eigenvalue weighted by molar-refractivity contribution is 9.10.